The van der Waals surface area contributed by atoms with E-state index in [1.165, 1.54) is 15.5 Å². The molecular weight excluding hydrogens is 635 g/mol. The first-order valence-corrected chi connectivity index (χ1v) is 14.9. The van der Waals surface area contributed by atoms with Gasteiger partial charge in [-0.15, -0.1) is 0 Å². The van der Waals surface area contributed by atoms with Crippen molar-refractivity contribution in [3.8, 4) is 11.4 Å². The summed E-state index contributed by atoms with van der Waals surface area (Å²) in [4.78, 5) is 32.4. The molecule has 1 atom stereocenters. The van der Waals surface area contributed by atoms with Gasteiger partial charge in [0.1, 0.15) is 22.8 Å². The van der Waals surface area contributed by atoms with Crippen LogP contribution in [0.1, 0.15) is 37.3 Å². The lowest BCUT2D eigenvalue weighted by molar-refractivity contribution is -0.138. The Labute approximate surface area is 252 Å². The first-order chi connectivity index (χ1) is 21.1. The summed E-state index contributed by atoms with van der Waals surface area (Å²) < 4.78 is 105. The van der Waals surface area contributed by atoms with Gasteiger partial charge in [-0.3, -0.25) is 13.8 Å². The monoisotopic (exact) mass is 661 g/mol. The minimum atomic E-state index is -4.74. The first-order valence-electron chi connectivity index (χ1n) is 13.4. The summed E-state index contributed by atoms with van der Waals surface area (Å²) in [6.07, 6.45) is -3.67. The third-order valence-corrected chi connectivity index (χ3v) is 7.98. The van der Waals surface area contributed by atoms with E-state index in [0.717, 1.165) is 31.5 Å². The molecule has 4 heterocycles. The van der Waals surface area contributed by atoms with Gasteiger partial charge in [-0.25, -0.2) is 19.5 Å². The highest BCUT2D eigenvalue weighted by atomic mass is 32.2. The second-order valence-electron chi connectivity index (χ2n) is 9.93. The van der Waals surface area contributed by atoms with Crippen LogP contribution < -0.4 is 21.8 Å². The average Bonchev–Trinajstić information content (AvgIpc) is 3.39. The predicted octanol–water partition coefficient (Wildman–Crippen LogP) is 4.70. The number of hydrogen-bond acceptors (Lipinski definition) is 8. The zero-order valence-corrected chi connectivity index (χ0v) is 24.3. The number of rotatable bonds is 6. The molecule has 1 unspecified atom stereocenters. The molecule has 1 aliphatic heterocycles. The van der Waals surface area contributed by atoms with E-state index < -0.39 is 57.2 Å². The minimum absolute atomic E-state index is 0.0860. The second-order valence-corrected chi connectivity index (χ2v) is 11.5. The van der Waals surface area contributed by atoms with Crippen LogP contribution in [-0.2, 0) is 29.7 Å². The molecular formula is C27H26F7N7O3S. The third kappa shape index (κ3) is 7.66. The average molecular weight is 662 g/mol. The molecule has 18 heteroatoms. The number of nitrogen functional groups attached to an aromatic ring is 1. The van der Waals surface area contributed by atoms with Crippen molar-refractivity contribution in [1.29, 1.82) is 0 Å². The van der Waals surface area contributed by atoms with Gasteiger partial charge in [0.05, 0.1) is 28.7 Å². The lowest BCUT2D eigenvalue weighted by atomic mass is 10.1. The van der Waals surface area contributed by atoms with Crippen molar-refractivity contribution in [2.45, 2.75) is 45.1 Å². The Morgan fingerprint density at radius 3 is 2.38 bits per heavy atom. The summed E-state index contributed by atoms with van der Waals surface area (Å²) in [5.74, 6) is -1.32. The fraction of sp³-hybridized carbons (Fsp3) is 0.370. The standard InChI is InChI=1S/C22H22F4N4O2S.C5H4F3N3O/c1-2-3-4-6-29-7-5-14-10-16(18(23)11-15(14)21(29)31)19-27-12-17(22(24,25)26)20(28-19)30-8-9-33(32)13-30;6-5(7,8)3-2(9)1-10-11-4(3)12/h5,7,10-12H,2-4,6,8-9,13H2,1H3;1H,(H3,9,11,12). The van der Waals surface area contributed by atoms with E-state index in [1.54, 1.807) is 17.4 Å². The zero-order chi connectivity index (χ0) is 33.1. The van der Waals surface area contributed by atoms with E-state index in [1.807, 2.05) is 0 Å². The van der Waals surface area contributed by atoms with Crippen LogP contribution in [0.15, 0.2) is 46.4 Å². The Bertz CT molecular complexity index is 1840. The van der Waals surface area contributed by atoms with Crippen LogP contribution >= 0.6 is 0 Å². The third-order valence-electron chi connectivity index (χ3n) is 6.74. The van der Waals surface area contributed by atoms with Gasteiger partial charge in [0.25, 0.3) is 11.1 Å². The van der Waals surface area contributed by atoms with Crippen LogP contribution in [0.4, 0.5) is 42.2 Å². The highest BCUT2D eigenvalue weighted by molar-refractivity contribution is 7.85. The molecule has 0 bridgehead atoms. The van der Waals surface area contributed by atoms with E-state index in [2.05, 4.69) is 22.0 Å². The van der Waals surface area contributed by atoms with Crippen LogP contribution in [0, 0.1) is 5.82 Å². The van der Waals surface area contributed by atoms with Crippen molar-refractivity contribution in [2.24, 2.45) is 0 Å². The first kappa shape index (κ1) is 33.5. The van der Waals surface area contributed by atoms with Gasteiger partial charge in [0.15, 0.2) is 5.82 Å². The number of pyridine rings is 1. The van der Waals surface area contributed by atoms with Gasteiger partial charge in [-0.1, -0.05) is 19.8 Å². The number of halogens is 7. The highest BCUT2D eigenvalue weighted by Gasteiger charge is 2.38. The molecule has 10 nitrogen and oxygen atoms in total. The molecule has 0 amide bonds. The van der Waals surface area contributed by atoms with E-state index in [9.17, 15) is 40.1 Å². The number of nitrogens with one attached hydrogen (secondary N) is 1. The van der Waals surface area contributed by atoms with Gasteiger partial charge < -0.3 is 15.2 Å². The molecule has 3 aromatic heterocycles. The Hall–Kier alpha value is -4.35. The molecule has 3 N–H and O–H groups in total. The predicted molar refractivity (Wildman–Crippen MR) is 153 cm³/mol. The molecule has 1 fully saturated rings. The number of aromatic amines is 1. The van der Waals surface area contributed by atoms with Gasteiger partial charge >= 0.3 is 12.4 Å². The number of benzene rings is 1. The van der Waals surface area contributed by atoms with Crippen LogP contribution in [0.25, 0.3) is 22.2 Å². The van der Waals surface area contributed by atoms with Crippen molar-refractivity contribution >= 4 is 33.1 Å². The Morgan fingerprint density at radius 2 is 1.80 bits per heavy atom. The highest BCUT2D eigenvalue weighted by Crippen LogP contribution is 2.37. The number of nitrogens with two attached hydrogens (primary N) is 1. The Balaban J connectivity index is 0.000000323. The van der Waals surface area contributed by atoms with Crippen molar-refractivity contribution in [3.05, 3.63) is 74.4 Å². The molecule has 0 spiro atoms. The van der Waals surface area contributed by atoms with Crippen LogP contribution in [0.3, 0.4) is 0 Å². The Morgan fingerprint density at radius 1 is 1.07 bits per heavy atom. The smallest absolute Gasteiger partial charge is 0.397 e. The zero-order valence-electron chi connectivity index (χ0n) is 23.5. The fourth-order valence-electron chi connectivity index (χ4n) is 4.52. The molecule has 1 aromatic carbocycles. The molecule has 0 radical (unpaired) electrons. The number of H-pyrrole nitrogens is 1. The van der Waals surface area contributed by atoms with E-state index in [0.29, 0.717) is 18.1 Å². The molecule has 1 aliphatic rings. The topological polar surface area (TPSA) is 140 Å². The SMILES string of the molecule is CCCCCn1ccc2cc(-c3ncc(C(F)(F)F)c(N4CCS(=O)C4)n3)c(F)cc2c1=O.Nc1cn[nH]c(=O)c1C(F)(F)F. The number of fused-ring (bicyclic) bond motifs is 1. The summed E-state index contributed by atoms with van der Waals surface area (Å²) in [5.41, 5.74) is -0.0152. The lowest BCUT2D eigenvalue weighted by Crippen LogP contribution is -2.25. The molecule has 0 saturated carbocycles. The van der Waals surface area contributed by atoms with Crippen molar-refractivity contribution in [3.63, 3.8) is 0 Å². The largest absolute Gasteiger partial charge is 0.423 e. The quantitative estimate of drug-likeness (QED) is 0.224. The van der Waals surface area contributed by atoms with E-state index in [4.69, 9.17) is 5.73 Å². The number of aryl methyl sites for hydroxylation is 1. The summed E-state index contributed by atoms with van der Waals surface area (Å²) in [7, 11) is -1.28. The minimum Gasteiger partial charge on any atom is -0.397 e. The molecule has 4 aromatic rings. The van der Waals surface area contributed by atoms with Crippen molar-refractivity contribution in [2.75, 3.05) is 28.8 Å². The number of alkyl halides is 6. The van der Waals surface area contributed by atoms with Gasteiger partial charge in [0.2, 0.25) is 0 Å². The fourth-order valence-corrected chi connectivity index (χ4v) is 5.67. The van der Waals surface area contributed by atoms with Gasteiger partial charge in [0, 0.05) is 42.0 Å². The summed E-state index contributed by atoms with van der Waals surface area (Å²) in [6, 6.07) is 4.12. The molecule has 0 aliphatic carbocycles. The molecule has 45 heavy (non-hydrogen) atoms. The number of hydrogen-bond donors (Lipinski definition) is 2. The maximum Gasteiger partial charge on any atom is 0.423 e. The summed E-state index contributed by atoms with van der Waals surface area (Å²) in [5, 5.41) is 5.36. The van der Waals surface area contributed by atoms with E-state index in [-0.39, 0.29) is 40.5 Å². The molecule has 1 saturated heterocycles. The summed E-state index contributed by atoms with van der Waals surface area (Å²) >= 11 is 0. The maximum atomic E-state index is 15.0. The Kier molecular flexibility index (Phi) is 9.94. The van der Waals surface area contributed by atoms with Crippen LogP contribution in [-0.4, -0.2) is 47.1 Å². The summed E-state index contributed by atoms with van der Waals surface area (Å²) in [6.45, 7) is 2.72. The number of aromatic nitrogens is 5. The number of anilines is 2. The second kappa shape index (κ2) is 13.3. The van der Waals surface area contributed by atoms with E-state index >= 15 is 4.39 Å². The molecule has 5 rings (SSSR count). The van der Waals surface area contributed by atoms with Crippen molar-refractivity contribution < 1.29 is 34.9 Å². The van der Waals surface area contributed by atoms with Crippen LogP contribution in [0.5, 0.6) is 0 Å². The van der Waals surface area contributed by atoms with Crippen LogP contribution in [0.2, 0.25) is 0 Å². The van der Waals surface area contributed by atoms with Gasteiger partial charge in [-0.05, 0) is 30.0 Å². The number of nitrogens with zero attached hydrogens (tertiary/aromatic N) is 5. The van der Waals surface area contributed by atoms with Crippen molar-refractivity contribution in [1.82, 2.24) is 24.7 Å². The normalized spacial score (nSPS) is 15.3. The molecule has 242 valence electrons. The van der Waals surface area contributed by atoms with Gasteiger partial charge in [-0.2, -0.15) is 31.4 Å². The number of unbranched alkanes of at least 4 members (excludes halogenated alkanes) is 2. The lowest BCUT2D eigenvalue weighted by Gasteiger charge is -2.21. The maximum absolute atomic E-state index is 15.0.